The van der Waals surface area contributed by atoms with E-state index in [2.05, 4.69) is 17.1 Å². The van der Waals surface area contributed by atoms with Crippen LogP contribution in [0.2, 0.25) is 0 Å². The van der Waals surface area contributed by atoms with Gasteiger partial charge in [0, 0.05) is 38.8 Å². The molecule has 0 amide bonds. The zero-order valence-corrected chi connectivity index (χ0v) is 10.6. The summed E-state index contributed by atoms with van der Waals surface area (Å²) in [7, 11) is 0. The van der Waals surface area contributed by atoms with E-state index in [0.717, 1.165) is 19.2 Å². The molecule has 2 atom stereocenters. The molecule has 2 heterocycles. The Labute approximate surface area is 99.5 Å². The summed E-state index contributed by atoms with van der Waals surface area (Å²) in [6, 6.07) is 0.725. The minimum Gasteiger partial charge on any atom is -0.378 e. The lowest BCUT2D eigenvalue weighted by Gasteiger charge is -2.34. The van der Waals surface area contributed by atoms with Crippen molar-refractivity contribution in [3.63, 3.8) is 0 Å². The van der Waals surface area contributed by atoms with Crippen LogP contribution >= 0.6 is 0 Å². The number of rotatable bonds is 5. The van der Waals surface area contributed by atoms with Crippen molar-refractivity contribution in [2.45, 2.75) is 51.2 Å². The van der Waals surface area contributed by atoms with Gasteiger partial charge in [0.1, 0.15) is 0 Å². The molecule has 16 heavy (non-hydrogen) atoms. The third-order valence-electron chi connectivity index (χ3n) is 3.77. The molecule has 3 heteroatoms. The highest BCUT2D eigenvalue weighted by Gasteiger charge is 2.21. The van der Waals surface area contributed by atoms with Crippen LogP contribution in [-0.2, 0) is 4.74 Å². The fraction of sp³-hybridized carbons (Fsp3) is 1.00. The second kappa shape index (κ2) is 6.58. The van der Waals surface area contributed by atoms with Gasteiger partial charge in [-0.15, -0.1) is 0 Å². The summed E-state index contributed by atoms with van der Waals surface area (Å²) in [5.74, 6) is 0. The molecular formula is C13H26N2O. The maximum Gasteiger partial charge on any atom is 0.0588 e. The molecule has 0 radical (unpaired) electrons. The van der Waals surface area contributed by atoms with Crippen molar-refractivity contribution < 1.29 is 4.74 Å². The minimum absolute atomic E-state index is 0.555. The van der Waals surface area contributed by atoms with Gasteiger partial charge in [-0.3, -0.25) is 0 Å². The smallest absolute Gasteiger partial charge is 0.0588 e. The van der Waals surface area contributed by atoms with Gasteiger partial charge in [-0.25, -0.2) is 0 Å². The zero-order chi connectivity index (χ0) is 11.2. The molecule has 0 aliphatic carbocycles. The highest BCUT2D eigenvalue weighted by Crippen LogP contribution is 2.16. The Morgan fingerprint density at radius 1 is 1.38 bits per heavy atom. The molecule has 2 aliphatic rings. The molecule has 0 bridgehead atoms. The first kappa shape index (κ1) is 12.3. The Balaban J connectivity index is 1.64. The third kappa shape index (κ3) is 3.72. The van der Waals surface area contributed by atoms with Crippen LogP contribution in [0.3, 0.4) is 0 Å². The van der Waals surface area contributed by atoms with E-state index in [1.54, 1.807) is 0 Å². The van der Waals surface area contributed by atoms with E-state index in [0.29, 0.717) is 6.10 Å². The molecule has 2 fully saturated rings. The summed E-state index contributed by atoms with van der Waals surface area (Å²) in [5, 5.41) is 3.61. The molecule has 2 saturated heterocycles. The standard InChI is InChI=1S/C13H26N2O/c1-2-4-12-11-15(9-7-14-12)8-6-13-5-3-10-16-13/h12-14H,2-11H2,1H3. The van der Waals surface area contributed by atoms with Crippen LogP contribution in [0.5, 0.6) is 0 Å². The minimum atomic E-state index is 0.555. The second-order valence-corrected chi connectivity index (χ2v) is 5.16. The quantitative estimate of drug-likeness (QED) is 0.771. The first-order valence-corrected chi connectivity index (χ1v) is 6.96. The maximum absolute atomic E-state index is 5.68. The molecule has 3 nitrogen and oxygen atoms in total. The van der Waals surface area contributed by atoms with Crippen molar-refractivity contribution in [1.29, 1.82) is 0 Å². The van der Waals surface area contributed by atoms with E-state index >= 15 is 0 Å². The molecule has 2 aliphatic heterocycles. The molecular weight excluding hydrogens is 200 g/mol. The van der Waals surface area contributed by atoms with Crippen LogP contribution in [0.25, 0.3) is 0 Å². The van der Waals surface area contributed by atoms with Crippen molar-refractivity contribution in [2.75, 3.05) is 32.8 Å². The predicted octanol–water partition coefficient (Wildman–Crippen LogP) is 1.63. The Morgan fingerprint density at radius 3 is 3.06 bits per heavy atom. The number of hydrogen-bond donors (Lipinski definition) is 1. The van der Waals surface area contributed by atoms with E-state index in [1.807, 2.05) is 0 Å². The van der Waals surface area contributed by atoms with Gasteiger partial charge in [-0.05, 0) is 25.7 Å². The molecule has 2 rings (SSSR count). The average molecular weight is 226 g/mol. The van der Waals surface area contributed by atoms with Crippen LogP contribution in [0, 0.1) is 0 Å². The molecule has 0 aromatic carbocycles. The SMILES string of the molecule is CCCC1CN(CCC2CCCO2)CCN1. The van der Waals surface area contributed by atoms with Crippen molar-refractivity contribution in [1.82, 2.24) is 10.2 Å². The van der Waals surface area contributed by atoms with Gasteiger partial charge in [0.05, 0.1) is 6.10 Å². The highest BCUT2D eigenvalue weighted by molar-refractivity contribution is 4.79. The summed E-state index contributed by atoms with van der Waals surface area (Å²) in [6.45, 7) is 8.11. The van der Waals surface area contributed by atoms with Gasteiger partial charge >= 0.3 is 0 Å². The topological polar surface area (TPSA) is 24.5 Å². The first-order valence-electron chi connectivity index (χ1n) is 6.96. The molecule has 0 aromatic rings. The average Bonchev–Trinajstić information content (AvgIpc) is 2.80. The predicted molar refractivity (Wildman–Crippen MR) is 66.7 cm³/mol. The first-order chi connectivity index (χ1) is 7.88. The summed E-state index contributed by atoms with van der Waals surface area (Å²) < 4.78 is 5.68. The van der Waals surface area contributed by atoms with Crippen LogP contribution in [0.15, 0.2) is 0 Å². The second-order valence-electron chi connectivity index (χ2n) is 5.16. The van der Waals surface area contributed by atoms with Gasteiger partial charge in [0.2, 0.25) is 0 Å². The van der Waals surface area contributed by atoms with Crippen molar-refractivity contribution in [3.8, 4) is 0 Å². The Hall–Kier alpha value is -0.120. The van der Waals surface area contributed by atoms with E-state index in [1.165, 1.54) is 51.7 Å². The van der Waals surface area contributed by atoms with Crippen LogP contribution < -0.4 is 5.32 Å². The fourth-order valence-corrected chi connectivity index (χ4v) is 2.84. The van der Waals surface area contributed by atoms with E-state index in [-0.39, 0.29) is 0 Å². The van der Waals surface area contributed by atoms with Crippen LogP contribution in [0.4, 0.5) is 0 Å². The van der Waals surface area contributed by atoms with Gasteiger partial charge in [-0.1, -0.05) is 13.3 Å². The number of ether oxygens (including phenoxy) is 1. The summed E-state index contributed by atoms with van der Waals surface area (Å²) in [5.41, 5.74) is 0. The number of hydrogen-bond acceptors (Lipinski definition) is 3. The van der Waals surface area contributed by atoms with E-state index < -0.39 is 0 Å². The summed E-state index contributed by atoms with van der Waals surface area (Å²) >= 11 is 0. The number of nitrogens with zero attached hydrogens (tertiary/aromatic N) is 1. The summed E-state index contributed by atoms with van der Waals surface area (Å²) in [4.78, 5) is 2.61. The lowest BCUT2D eigenvalue weighted by Crippen LogP contribution is -2.50. The zero-order valence-electron chi connectivity index (χ0n) is 10.6. The number of nitrogens with one attached hydrogen (secondary N) is 1. The number of piperazine rings is 1. The Morgan fingerprint density at radius 2 is 2.31 bits per heavy atom. The molecule has 0 saturated carbocycles. The Bertz CT molecular complexity index is 190. The van der Waals surface area contributed by atoms with Gasteiger partial charge < -0.3 is 15.0 Å². The highest BCUT2D eigenvalue weighted by atomic mass is 16.5. The molecule has 1 N–H and O–H groups in total. The molecule has 94 valence electrons. The molecule has 2 unspecified atom stereocenters. The largest absolute Gasteiger partial charge is 0.378 e. The summed E-state index contributed by atoms with van der Waals surface area (Å²) in [6.07, 6.45) is 6.95. The molecule has 0 aromatic heterocycles. The van der Waals surface area contributed by atoms with Gasteiger partial charge in [0.15, 0.2) is 0 Å². The van der Waals surface area contributed by atoms with Gasteiger partial charge in [0.25, 0.3) is 0 Å². The Kier molecular flexibility index (Phi) is 5.07. The van der Waals surface area contributed by atoms with Crippen molar-refractivity contribution in [2.24, 2.45) is 0 Å². The van der Waals surface area contributed by atoms with Crippen molar-refractivity contribution in [3.05, 3.63) is 0 Å². The monoisotopic (exact) mass is 226 g/mol. The lowest BCUT2D eigenvalue weighted by atomic mass is 10.1. The van der Waals surface area contributed by atoms with Gasteiger partial charge in [-0.2, -0.15) is 0 Å². The maximum atomic E-state index is 5.68. The van der Waals surface area contributed by atoms with Crippen molar-refractivity contribution >= 4 is 0 Å². The van der Waals surface area contributed by atoms with E-state index in [9.17, 15) is 0 Å². The lowest BCUT2D eigenvalue weighted by molar-refractivity contribution is 0.0862. The van der Waals surface area contributed by atoms with E-state index in [4.69, 9.17) is 4.74 Å². The normalized spacial score (nSPS) is 32.1. The van der Waals surface area contributed by atoms with Crippen LogP contribution in [0.1, 0.15) is 39.0 Å². The van der Waals surface area contributed by atoms with Crippen LogP contribution in [-0.4, -0.2) is 49.8 Å². The molecule has 0 spiro atoms. The fourth-order valence-electron chi connectivity index (χ4n) is 2.84. The third-order valence-corrected chi connectivity index (χ3v) is 3.77.